The molecule has 0 aliphatic carbocycles. The maximum atomic E-state index is 10.9. The van der Waals surface area contributed by atoms with Crippen molar-refractivity contribution in [3.63, 3.8) is 0 Å². The molecule has 0 spiro atoms. The first-order valence-corrected chi connectivity index (χ1v) is 6.42. The van der Waals surface area contributed by atoms with Crippen molar-refractivity contribution in [3.8, 4) is 17.2 Å². The van der Waals surface area contributed by atoms with Crippen LogP contribution in [0.5, 0.6) is 17.2 Å². The summed E-state index contributed by atoms with van der Waals surface area (Å²) < 4.78 is 16.3. The predicted molar refractivity (Wildman–Crippen MR) is 78.2 cm³/mol. The average molecular weight is 287 g/mol. The fraction of sp³-hybridized carbons (Fsp3) is 0.250. The summed E-state index contributed by atoms with van der Waals surface area (Å²) in [5.74, 6) is 1.38. The lowest BCUT2D eigenvalue weighted by atomic mass is 10.2. The zero-order chi connectivity index (χ0) is 15.2. The maximum absolute atomic E-state index is 10.9. The Balaban J connectivity index is 2.28. The fourth-order valence-corrected chi connectivity index (χ4v) is 1.96. The highest BCUT2D eigenvalue weighted by Crippen LogP contribution is 2.38. The third kappa shape index (κ3) is 3.51. The third-order valence-corrected chi connectivity index (χ3v) is 2.93. The number of aromatic nitrogens is 1. The maximum Gasteiger partial charge on any atom is 0.203 e. The molecule has 0 bridgehead atoms. The van der Waals surface area contributed by atoms with Crippen molar-refractivity contribution in [3.05, 3.63) is 47.3 Å². The molecule has 0 atom stereocenters. The smallest absolute Gasteiger partial charge is 0.203 e. The molecule has 0 aliphatic heterocycles. The monoisotopic (exact) mass is 287 g/mol. The standard InChI is InChI=1S/C16H17NO4/c1-11-4-13(8-17-7-11)10-21-16-14(19-2)5-12(9-18)6-15(16)20-3/h4-9H,10H2,1-3H3. The highest BCUT2D eigenvalue weighted by Gasteiger charge is 2.14. The zero-order valence-electron chi connectivity index (χ0n) is 12.3. The van der Waals surface area contributed by atoms with Crippen molar-refractivity contribution in [2.24, 2.45) is 0 Å². The minimum absolute atomic E-state index is 0.335. The Bertz CT molecular complexity index is 615. The lowest BCUT2D eigenvalue weighted by Crippen LogP contribution is -2.01. The van der Waals surface area contributed by atoms with E-state index in [1.165, 1.54) is 14.2 Å². The van der Waals surface area contributed by atoms with Crippen LogP contribution < -0.4 is 14.2 Å². The second kappa shape index (κ2) is 6.74. The molecule has 5 nitrogen and oxygen atoms in total. The van der Waals surface area contributed by atoms with Gasteiger partial charge in [-0.05, 0) is 30.7 Å². The second-order valence-electron chi connectivity index (χ2n) is 4.53. The van der Waals surface area contributed by atoms with E-state index in [4.69, 9.17) is 14.2 Å². The van der Waals surface area contributed by atoms with Gasteiger partial charge in [-0.1, -0.05) is 0 Å². The van der Waals surface area contributed by atoms with Crippen LogP contribution in [0.25, 0.3) is 0 Å². The van der Waals surface area contributed by atoms with E-state index in [2.05, 4.69) is 4.98 Å². The topological polar surface area (TPSA) is 57.7 Å². The number of methoxy groups -OCH3 is 2. The van der Waals surface area contributed by atoms with Gasteiger partial charge in [-0.25, -0.2) is 0 Å². The van der Waals surface area contributed by atoms with Gasteiger partial charge in [0, 0.05) is 23.5 Å². The molecule has 0 N–H and O–H groups in total. The molecule has 0 radical (unpaired) electrons. The molecule has 0 unspecified atom stereocenters. The molecule has 1 aromatic carbocycles. The largest absolute Gasteiger partial charge is 0.493 e. The first kappa shape index (κ1) is 14.8. The van der Waals surface area contributed by atoms with Gasteiger partial charge in [0.15, 0.2) is 11.5 Å². The van der Waals surface area contributed by atoms with Crippen LogP contribution in [0.2, 0.25) is 0 Å². The fourth-order valence-electron chi connectivity index (χ4n) is 1.96. The average Bonchev–Trinajstić information content (AvgIpc) is 2.52. The van der Waals surface area contributed by atoms with Crippen LogP contribution in [-0.4, -0.2) is 25.5 Å². The summed E-state index contributed by atoms with van der Waals surface area (Å²) >= 11 is 0. The van der Waals surface area contributed by atoms with Crippen LogP contribution in [0, 0.1) is 6.92 Å². The summed E-state index contributed by atoms with van der Waals surface area (Å²) in [6, 6.07) is 5.21. The van der Waals surface area contributed by atoms with Gasteiger partial charge in [-0.15, -0.1) is 0 Å². The Hall–Kier alpha value is -2.56. The highest BCUT2D eigenvalue weighted by atomic mass is 16.5. The van der Waals surface area contributed by atoms with Crippen LogP contribution >= 0.6 is 0 Å². The quantitative estimate of drug-likeness (QED) is 0.765. The van der Waals surface area contributed by atoms with Gasteiger partial charge < -0.3 is 14.2 Å². The number of nitrogens with zero attached hydrogens (tertiary/aromatic N) is 1. The Morgan fingerprint density at radius 2 is 1.76 bits per heavy atom. The lowest BCUT2D eigenvalue weighted by molar-refractivity contribution is 0.112. The molecule has 0 saturated carbocycles. The number of aldehydes is 1. The van der Waals surface area contributed by atoms with E-state index in [-0.39, 0.29) is 0 Å². The molecule has 21 heavy (non-hydrogen) atoms. The number of hydrogen-bond acceptors (Lipinski definition) is 5. The predicted octanol–water partition coefficient (Wildman–Crippen LogP) is 2.80. The first-order valence-electron chi connectivity index (χ1n) is 6.42. The van der Waals surface area contributed by atoms with Gasteiger partial charge in [-0.3, -0.25) is 9.78 Å². The van der Waals surface area contributed by atoms with Crippen LogP contribution in [-0.2, 0) is 6.61 Å². The molecule has 2 aromatic rings. The van der Waals surface area contributed by atoms with Crippen LogP contribution in [0.15, 0.2) is 30.6 Å². The molecular weight excluding hydrogens is 270 g/mol. The molecule has 110 valence electrons. The number of carbonyl (C=O) groups excluding carboxylic acids is 1. The highest BCUT2D eigenvalue weighted by molar-refractivity contribution is 5.78. The summed E-state index contributed by atoms with van der Waals surface area (Å²) in [4.78, 5) is 15.0. The molecule has 0 saturated heterocycles. The van der Waals surface area contributed by atoms with E-state index in [1.54, 1.807) is 24.5 Å². The van der Waals surface area contributed by atoms with Crippen molar-refractivity contribution in [2.45, 2.75) is 13.5 Å². The first-order chi connectivity index (χ1) is 10.2. The van der Waals surface area contributed by atoms with Gasteiger partial charge in [0.25, 0.3) is 0 Å². The van der Waals surface area contributed by atoms with E-state index >= 15 is 0 Å². The van der Waals surface area contributed by atoms with Gasteiger partial charge in [0.2, 0.25) is 5.75 Å². The molecule has 5 heteroatoms. The molecular formula is C16H17NO4. The summed E-state index contributed by atoms with van der Waals surface area (Å²) in [5.41, 5.74) is 2.47. The third-order valence-electron chi connectivity index (χ3n) is 2.93. The Morgan fingerprint density at radius 3 is 2.29 bits per heavy atom. The minimum Gasteiger partial charge on any atom is -0.493 e. The van der Waals surface area contributed by atoms with Gasteiger partial charge in [0.1, 0.15) is 12.9 Å². The molecule has 0 amide bonds. The van der Waals surface area contributed by atoms with Crippen LogP contribution in [0.1, 0.15) is 21.5 Å². The summed E-state index contributed by atoms with van der Waals surface area (Å²) in [5, 5.41) is 0. The number of aryl methyl sites for hydroxylation is 1. The summed E-state index contributed by atoms with van der Waals surface area (Å²) in [6.45, 7) is 2.30. The Morgan fingerprint density at radius 1 is 1.10 bits per heavy atom. The van der Waals surface area contributed by atoms with Crippen LogP contribution in [0.3, 0.4) is 0 Å². The van der Waals surface area contributed by atoms with Crippen LogP contribution in [0.4, 0.5) is 0 Å². The summed E-state index contributed by atoms with van der Waals surface area (Å²) in [7, 11) is 3.04. The number of rotatable bonds is 6. The van der Waals surface area contributed by atoms with Gasteiger partial charge in [0.05, 0.1) is 14.2 Å². The zero-order valence-corrected chi connectivity index (χ0v) is 12.3. The number of hydrogen-bond donors (Lipinski definition) is 0. The number of benzene rings is 1. The van der Waals surface area contributed by atoms with E-state index in [1.807, 2.05) is 13.0 Å². The number of pyridine rings is 1. The van der Waals surface area contributed by atoms with Crippen molar-refractivity contribution in [2.75, 3.05) is 14.2 Å². The summed E-state index contributed by atoms with van der Waals surface area (Å²) in [6.07, 6.45) is 4.26. The molecule has 0 fully saturated rings. The SMILES string of the molecule is COc1cc(C=O)cc(OC)c1OCc1cncc(C)c1. The molecule has 1 heterocycles. The van der Waals surface area contributed by atoms with Gasteiger partial charge >= 0.3 is 0 Å². The van der Waals surface area contributed by atoms with Crippen molar-refractivity contribution >= 4 is 6.29 Å². The number of ether oxygens (including phenoxy) is 3. The molecule has 0 aliphatic rings. The van der Waals surface area contributed by atoms with E-state index in [9.17, 15) is 4.79 Å². The van der Waals surface area contributed by atoms with E-state index < -0.39 is 0 Å². The molecule has 1 aromatic heterocycles. The minimum atomic E-state index is 0.335. The van der Waals surface area contributed by atoms with E-state index in [0.717, 1.165) is 17.4 Å². The van der Waals surface area contributed by atoms with Crippen molar-refractivity contribution in [1.82, 2.24) is 4.98 Å². The Labute approximate surface area is 123 Å². The number of carbonyl (C=O) groups is 1. The Kier molecular flexibility index (Phi) is 4.77. The normalized spacial score (nSPS) is 10.0. The van der Waals surface area contributed by atoms with Gasteiger partial charge in [-0.2, -0.15) is 0 Å². The van der Waals surface area contributed by atoms with E-state index in [0.29, 0.717) is 29.4 Å². The molecule has 2 rings (SSSR count). The lowest BCUT2D eigenvalue weighted by Gasteiger charge is -2.15. The van der Waals surface area contributed by atoms with Crippen molar-refractivity contribution in [1.29, 1.82) is 0 Å². The van der Waals surface area contributed by atoms with Crippen molar-refractivity contribution < 1.29 is 19.0 Å². The second-order valence-corrected chi connectivity index (χ2v) is 4.53.